The molecule has 158 valence electrons. The second-order valence-electron chi connectivity index (χ2n) is 8.82. The monoisotopic (exact) mass is 479 g/mol. The second-order valence-corrected chi connectivity index (χ2v) is 9.68. The zero-order chi connectivity index (χ0) is 21.5. The van der Waals surface area contributed by atoms with Crippen molar-refractivity contribution in [1.29, 1.82) is 0 Å². The van der Waals surface area contributed by atoms with Gasteiger partial charge >= 0.3 is 0 Å². The quantitative estimate of drug-likeness (QED) is 0.669. The number of hydrogen-bond acceptors (Lipinski definition) is 4. The molecule has 3 saturated heterocycles. The molecule has 4 aliphatic rings. The fourth-order valence-electron chi connectivity index (χ4n) is 6.34. The largest absolute Gasteiger partial charge is 0.324 e. The lowest BCUT2D eigenvalue weighted by atomic mass is 9.75. The topological polar surface area (TPSA) is 69.7 Å². The van der Waals surface area contributed by atoms with Crippen molar-refractivity contribution < 1.29 is 14.4 Å². The number of fused-ring (bicyclic) bond motifs is 7. The summed E-state index contributed by atoms with van der Waals surface area (Å²) in [5, 5.41) is 3.04. The number of rotatable bonds is 2. The van der Waals surface area contributed by atoms with Gasteiger partial charge in [-0.05, 0) is 65.5 Å². The highest BCUT2D eigenvalue weighted by molar-refractivity contribution is 9.10. The minimum atomic E-state index is -1.12. The molecule has 6 nitrogen and oxygen atoms in total. The van der Waals surface area contributed by atoms with Crippen LogP contribution < -0.4 is 10.2 Å². The summed E-state index contributed by atoms with van der Waals surface area (Å²) in [5.41, 5.74) is 2.16. The van der Waals surface area contributed by atoms with E-state index in [0.717, 1.165) is 42.6 Å². The third-order valence-electron chi connectivity index (χ3n) is 7.56. The van der Waals surface area contributed by atoms with Crippen molar-refractivity contribution in [1.82, 2.24) is 4.90 Å². The SMILES string of the molecule is CCc1ccc2c(c1)C1(C(=O)N2)C2C(=O)N(c3ccccc3Br)C(=O)C2C2CCCN21. The molecule has 1 spiro atoms. The van der Waals surface area contributed by atoms with Gasteiger partial charge in [0.2, 0.25) is 17.7 Å². The lowest BCUT2D eigenvalue weighted by Gasteiger charge is -2.36. The Bertz CT molecular complexity index is 1160. The predicted octanol–water partition coefficient (Wildman–Crippen LogP) is 3.44. The fraction of sp³-hybridized carbons (Fsp3) is 0.375. The molecule has 1 N–H and O–H groups in total. The molecule has 0 aliphatic carbocycles. The van der Waals surface area contributed by atoms with Gasteiger partial charge in [-0.25, -0.2) is 4.90 Å². The van der Waals surface area contributed by atoms with Crippen molar-refractivity contribution in [2.45, 2.75) is 37.8 Å². The van der Waals surface area contributed by atoms with E-state index in [1.165, 1.54) is 4.90 Å². The summed E-state index contributed by atoms with van der Waals surface area (Å²) in [6.45, 7) is 2.80. The zero-order valence-electron chi connectivity index (χ0n) is 17.1. The first-order chi connectivity index (χ1) is 15.0. The highest BCUT2D eigenvalue weighted by atomic mass is 79.9. The van der Waals surface area contributed by atoms with E-state index in [0.29, 0.717) is 10.2 Å². The summed E-state index contributed by atoms with van der Waals surface area (Å²) in [4.78, 5) is 44.8. The van der Waals surface area contributed by atoms with E-state index in [1.54, 1.807) is 6.07 Å². The molecular formula is C24H22BrN3O3. The molecule has 6 rings (SSSR count). The average Bonchev–Trinajstić information content (AvgIpc) is 3.47. The predicted molar refractivity (Wildman–Crippen MR) is 119 cm³/mol. The number of benzene rings is 2. The van der Waals surface area contributed by atoms with Crippen molar-refractivity contribution >= 4 is 45.0 Å². The Morgan fingerprint density at radius 3 is 2.71 bits per heavy atom. The fourth-order valence-corrected chi connectivity index (χ4v) is 6.80. The smallest absolute Gasteiger partial charge is 0.250 e. The number of imide groups is 1. The number of halogens is 1. The lowest BCUT2D eigenvalue weighted by molar-refractivity contribution is -0.135. The molecule has 4 atom stereocenters. The van der Waals surface area contributed by atoms with E-state index in [9.17, 15) is 14.4 Å². The first-order valence-corrected chi connectivity index (χ1v) is 11.6. The average molecular weight is 480 g/mol. The molecule has 0 radical (unpaired) electrons. The zero-order valence-corrected chi connectivity index (χ0v) is 18.7. The normalized spacial score (nSPS) is 31.4. The Hall–Kier alpha value is -2.51. The maximum absolute atomic E-state index is 13.9. The van der Waals surface area contributed by atoms with Crippen LogP contribution in [0.3, 0.4) is 0 Å². The number of carbonyl (C=O) groups excluding carboxylic acids is 3. The maximum Gasteiger partial charge on any atom is 0.250 e. The van der Waals surface area contributed by atoms with Crippen molar-refractivity contribution in [2.75, 3.05) is 16.8 Å². The maximum atomic E-state index is 13.9. The molecule has 0 bridgehead atoms. The van der Waals surface area contributed by atoms with Gasteiger partial charge in [0.1, 0.15) is 5.54 Å². The highest BCUT2D eigenvalue weighted by Crippen LogP contribution is 2.61. The Morgan fingerprint density at radius 2 is 1.94 bits per heavy atom. The summed E-state index contributed by atoms with van der Waals surface area (Å²) >= 11 is 3.49. The van der Waals surface area contributed by atoms with E-state index in [2.05, 4.69) is 39.1 Å². The molecule has 3 amide bonds. The van der Waals surface area contributed by atoms with Gasteiger partial charge in [-0.3, -0.25) is 19.3 Å². The molecule has 4 unspecified atom stereocenters. The Labute approximate surface area is 188 Å². The van der Waals surface area contributed by atoms with Crippen LogP contribution in [0.1, 0.15) is 30.9 Å². The van der Waals surface area contributed by atoms with Crippen LogP contribution in [0.2, 0.25) is 0 Å². The van der Waals surface area contributed by atoms with Crippen LogP contribution in [-0.2, 0) is 26.3 Å². The molecule has 2 aromatic carbocycles. The molecule has 0 aromatic heterocycles. The van der Waals surface area contributed by atoms with Crippen LogP contribution in [0.15, 0.2) is 46.9 Å². The molecule has 4 aliphatic heterocycles. The van der Waals surface area contributed by atoms with Gasteiger partial charge in [0, 0.05) is 21.8 Å². The minimum absolute atomic E-state index is 0.101. The van der Waals surface area contributed by atoms with Gasteiger partial charge in [-0.15, -0.1) is 0 Å². The molecule has 0 saturated carbocycles. The standard InChI is InChI=1S/C24H22BrN3O3/c1-2-13-9-10-16-14(12-13)24(23(31)26-16)20-19(18-8-5-11-27(18)24)21(29)28(22(20)30)17-7-4-3-6-15(17)25/h3-4,6-7,9-10,12,18-20H,2,5,8,11H2,1H3,(H,26,31). The number of hydrogen-bond donors (Lipinski definition) is 1. The number of nitrogens with zero attached hydrogens (tertiary/aromatic N) is 2. The van der Waals surface area contributed by atoms with E-state index in [4.69, 9.17) is 0 Å². The number of amides is 3. The Morgan fingerprint density at radius 1 is 1.13 bits per heavy atom. The van der Waals surface area contributed by atoms with Gasteiger partial charge < -0.3 is 5.32 Å². The van der Waals surface area contributed by atoms with Gasteiger partial charge in [0.15, 0.2) is 0 Å². The van der Waals surface area contributed by atoms with E-state index >= 15 is 0 Å². The van der Waals surface area contributed by atoms with Crippen molar-refractivity contribution in [3.05, 3.63) is 58.1 Å². The van der Waals surface area contributed by atoms with E-state index in [-0.39, 0.29) is 23.8 Å². The van der Waals surface area contributed by atoms with Gasteiger partial charge in [-0.1, -0.05) is 31.2 Å². The van der Waals surface area contributed by atoms with Crippen molar-refractivity contribution in [3.8, 4) is 0 Å². The van der Waals surface area contributed by atoms with Crippen LogP contribution in [0.4, 0.5) is 11.4 Å². The summed E-state index contributed by atoms with van der Waals surface area (Å²) < 4.78 is 0.693. The van der Waals surface area contributed by atoms with Crippen molar-refractivity contribution in [2.24, 2.45) is 11.8 Å². The number of carbonyl (C=O) groups is 3. The lowest BCUT2D eigenvalue weighted by Crippen LogP contribution is -2.54. The summed E-state index contributed by atoms with van der Waals surface area (Å²) in [6, 6.07) is 13.2. The molecular weight excluding hydrogens is 458 g/mol. The minimum Gasteiger partial charge on any atom is -0.324 e. The third kappa shape index (κ3) is 2.23. The molecule has 4 heterocycles. The first kappa shape index (κ1) is 19.2. The Kier molecular flexibility index (Phi) is 4.02. The summed E-state index contributed by atoms with van der Waals surface area (Å²) in [5.74, 6) is -1.87. The molecule has 3 fully saturated rings. The number of para-hydroxylation sites is 1. The number of aryl methyl sites for hydroxylation is 1. The van der Waals surface area contributed by atoms with Gasteiger partial charge in [0.25, 0.3) is 0 Å². The van der Waals surface area contributed by atoms with E-state index in [1.807, 2.05) is 30.3 Å². The van der Waals surface area contributed by atoms with Gasteiger partial charge in [0.05, 0.1) is 17.5 Å². The second kappa shape index (κ2) is 6.50. The van der Waals surface area contributed by atoms with Crippen LogP contribution in [0.5, 0.6) is 0 Å². The highest BCUT2D eigenvalue weighted by Gasteiger charge is 2.74. The van der Waals surface area contributed by atoms with E-state index < -0.39 is 17.4 Å². The summed E-state index contributed by atoms with van der Waals surface area (Å²) in [7, 11) is 0. The van der Waals surface area contributed by atoms with Crippen LogP contribution >= 0.6 is 15.9 Å². The third-order valence-corrected chi connectivity index (χ3v) is 8.23. The Balaban J connectivity index is 1.57. The van der Waals surface area contributed by atoms with Crippen LogP contribution in [0.25, 0.3) is 0 Å². The van der Waals surface area contributed by atoms with Gasteiger partial charge in [-0.2, -0.15) is 0 Å². The molecule has 31 heavy (non-hydrogen) atoms. The van der Waals surface area contributed by atoms with Crippen molar-refractivity contribution in [3.63, 3.8) is 0 Å². The van der Waals surface area contributed by atoms with Crippen LogP contribution in [-0.4, -0.2) is 35.2 Å². The first-order valence-electron chi connectivity index (χ1n) is 10.8. The summed E-state index contributed by atoms with van der Waals surface area (Å²) in [6.07, 6.45) is 2.58. The van der Waals surface area contributed by atoms with Crippen LogP contribution in [0, 0.1) is 11.8 Å². The molecule has 7 heteroatoms. The number of anilines is 2. The number of nitrogens with one attached hydrogen (secondary N) is 1. The molecule has 2 aromatic rings.